The van der Waals surface area contributed by atoms with Gasteiger partial charge in [0.25, 0.3) is 11.6 Å². The van der Waals surface area contributed by atoms with E-state index in [4.69, 9.17) is 11.6 Å². The third-order valence-corrected chi connectivity index (χ3v) is 4.10. The van der Waals surface area contributed by atoms with Gasteiger partial charge >= 0.3 is 0 Å². The molecule has 7 heteroatoms. The third-order valence-electron chi connectivity index (χ3n) is 3.89. The van der Waals surface area contributed by atoms with Crippen LogP contribution in [-0.4, -0.2) is 33.3 Å². The van der Waals surface area contributed by atoms with Gasteiger partial charge in [0.1, 0.15) is 16.9 Å². The van der Waals surface area contributed by atoms with E-state index in [0.29, 0.717) is 6.54 Å². The molecule has 0 radical (unpaired) electrons. The number of pyridine rings is 1. The average molecular weight is 312 g/mol. The molecular weight excluding hydrogens is 294 g/mol. The highest BCUT2D eigenvalue weighted by Gasteiger charge is 2.30. The minimum absolute atomic E-state index is 0.0208. The Morgan fingerprint density at radius 3 is 2.71 bits per heavy atom. The van der Waals surface area contributed by atoms with Crippen LogP contribution in [0.1, 0.15) is 49.4 Å². The molecule has 0 N–H and O–H groups in total. The number of aromatic nitrogens is 1. The number of carbonyl (C=O) groups excluding carboxylic acids is 1. The minimum atomic E-state index is -0.592. The lowest BCUT2D eigenvalue weighted by Gasteiger charge is -2.33. The Hall–Kier alpha value is -1.69. The fourth-order valence-electron chi connectivity index (χ4n) is 2.85. The maximum atomic E-state index is 12.7. The van der Waals surface area contributed by atoms with Crippen molar-refractivity contribution in [3.8, 4) is 0 Å². The van der Waals surface area contributed by atoms with Crippen LogP contribution in [0.4, 0.5) is 5.69 Å². The lowest BCUT2D eigenvalue weighted by Crippen LogP contribution is -2.41. The van der Waals surface area contributed by atoms with Crippen LogP contribution >= 0.6 is 11.6 Å². The van der Waals surface area contributed by atoms with Crippen LogP contribution in [0.15, 0.2) is 12.3 Å². The summed E-state index contributed by atoms with van der Waals surface area (Å²) >= 11 is 5.79. The maximum Gasteiger partial charge on any atom is 0.300 e. The first-order valence-corrected chi connectivity index (χ1v) is 7.53. The number of nitrogens with zero attached hydrogens (tertiary/aromatic N) is 3. The van der Waals surface area contributed by atoms with Gasteiger partial charge in [-0.05, 0) is 25.8 Å². The van der Waals surface area contributed by atoms with Gasteiger partial charge in [0, 0.05) is 12.6 Å². The molecule has 1 aromatic heterocycles. The van der Waals surface area contributed by atoms with Crippen molar-refractivity contribution in [3.63, 3.8) is 0 Å². The Kier molecular flexibility index (Phi) is 5.12. The molecule has 0 unspecified atom stereocenters. The van der Waals surface area contributed by atoms with E-state index in [1.165, 1.54) is 12.5 Å². The normalized spacial score (nSPS) is 15.7. The lowest BCUT2D eigenvalue weighted by molar-refractivity contribution is -0.385. The topological polar surface area (TPSA) is 76.3 Å². The van der Waals surface area contributed by atoms with Gasteiger partial charge in [-0.15, -0.1) is 0 Å². The first-order chi connectivity index (χ1) is 10.0. The molecule has 1 heterocycles. The van der Waals surface area contributed by atoms with Gasteiger partial charge in [-0.1, -0.05) is 30.9 Å². The van der Waals surface area contributed by atoms with Crippen molar-refractivity contribution in [2.75, 3.05) is 6.54 Å². The summed E-state index contributed by atoms with van der Waals surface area (Å²) in [6, 6.07) is 1.44. The predicted octanol–water partition coefficient (Wildman–Crippen LogP) is 3.44. The van der Waals surface area contributed by atoms with Crippen molar-refractivity contribution >= 4 is 23.2 Å². The van der Waals surface area contributed by atoms with Gasteiger partial charge in [-0.25, -0.2) is 4.98 Å². The average Bonchev–Trinajstić information content (AvgIpc) is 2.48. The second kappa shape index (κ2) is 6.85. The number of rotatable bonds is 4. The fourth-order valence-corrected chi connectivity index (χ4v) is 3.01. The van der Waals surface area contributed by atoms with Crippen molar-refractivity contribution in [2.24, 2.45) is 0 Å². The van der Waals surface area contributed by atoms with Gasteiger partial charge in [0.2, 0.25) is 0 Å². The summed E-state index contributed by atoms with van der Waals surface area (Å²) in [5.41, 5.74) is -0.272. The van der Waals surface area contributed by atoms with Crippen LogP contribution in [-0.2, 0) is 0 Å². The third kappa shape index (κ3) is 3.50. The first-order valence-electron chi connectivity index (χ1n) is 7.15. The summed E-state index contributed by atoms with van der Waals surface area (Å²) < 4.78 is 0. The van der Waals surface area contributed by atoms with Crippen LogP contribution in [0.5, 0.6) is 0 Å². The van der Waals surface area contributed by atoms with E-state index >= 15 is 0 Å². The molecule has 1 saturated carbocycles. The highest BCUT2D eigenvalue weighted by molar-refractivity contribution is 6.29. The number of hydrogen-bond acceptors (Lipinski definition) is 4. The maximum absolute atomic E-state index is 12.7. The molecule has 0 aliphatic heterocycles. The quantitative estimate of drug-likeness (QED) is 0.485. The highest BCUT2D eigenvalue weighted by Crippen LogP contribution is 2.27. The largest absolute Gasteiger partial charge is 0.336 e. The Bertz CT molecular complexity index is 544. The van der Waals surface area contributed by atoms with Crippen molar-refractivity contribution in [3.05, 3.63) is 33.1 Å². The molecule has 0 aromatic carbocycles. The van der Waals surface area contributed by atoms with Crippen molar-refractivity contribution < 1.29 is 9.72 Å². The molecule has 1 amide bonds. The molecule has 114 valence electrons. The van der Waals surface area contributed by atoms with E-state index in [1.807, 2.05) is 6.92 Å². The summed E-state index contributed by atoms with van der Waals surface area (Å²) in [4.78, 5) is 28.6. The molecule has 0 atom stereocenters. The van der Waals surface area contributed by atoms with Crippen LogP contribution in [0.25, 0.3) is 0 Å². The summed E-state index contributed by atoms with van der Waals surface area (Å²) in [7, 11) is 0. The first kappa shape index (κ1) is 15.7. The standard InChI is InChI=1S/C14H18ClN3O3/c1-2-17(10-6-4-3-5-7-10)14(19)11-8-13(15)16-9-12(11)18(20)21/h8-10H,2-7H2,1H3. The monoisotopic (exact) mass is 311 g/mol. The van der Waals surface area contributed by atoms with Crippen LogP contribution in [0.3, 0.4) is 0 Å². The second-order valence-electron chi connectivity index (χ2n) is 5.16. The molecule has 1 aromatic rings. The highest BCUT2D eigenvalue weighted by atomic mass is 35.5. The van der Waals surface area contributed by atoms with Gasteiger partial charge < -0.3 is 4.90 Å². The molecule has 21 heavy (non-hydrogen) atoms. The Labute approximate surface area is 128 Å². The van der Waals surface area contributed by atoms with Gasteiger partial charge in [0.05, 0.1) is 4.92 Å². The molecule has 1 aliphatic rings. The molecule has 6 nitrogen and oxygen atoms in total. The van der Waals surface area contributed by atoms with Crippen molar-refractivity contribution in [1.29, 1.82) is 0 Å². The number of hydrogen-bond donors (Lipinski definition) is 0. The van der Waals surface area contributed by atoms with E-state index in [9.17, 15) is 14.9 Å². The summed E-state index contributed by atoms with van der Waals surface area (Å²) in [6.07, 6.45) is 6.31. The molecule has 2 rings (SSSR count). The summed E-state index contributed by atoms with van der Waals surface area (Å²) in [5.74, 6) is -0.333. The van der Waals surface area contributed by atoms with E-state index in [0.717, 1.165) is 31.9 Å². The predicted molar refractivity (Wildman–Crippen MR) is 79.5 cm³/mol. The number of nitro groups is 1. The zero-order valence-corrected chi connectivity index (χ0v) is 12.7. The van der Waals surface area contributed by atoms with Gasteiger partial charge in [0.15, 0.2) is 0 Å². The van der Waals surface area contributed by atoms with E-state index in [-0.39, 0.29) is 28.4 Å². The number of amides is 1. The van der Waals surface area contributed by atoms with Crippen molar-refractivity contribution in [1.82, 2.24) is 9.88 Å². The second-order valence-corrected chi connectivity index (χ2v) is 5.55. The van der Waals surface area contributed by atoms with E-state index in [1.54, 1.807) is 4.90 Å². The number of carbonyl (C=O) groups is 1. The van der Waals surface area contributed by atoms with E-state index in [2.05, 4.69) is 4.98 Å². The molecular formula is C14H18ClN3O3. The molecule has 0 bridgehead atoms. The SMILES string of the molecule is CCN(C(=O)c1cc(Cl)ncc1[N+](=O)[O-])C1CCCCC1. The van der Waals surface area contributed by atoms with Crippen LogP contribution in [0.2, 0.25) is 5.15 Å². The Balaban J connectivity index is 2.32. The zero-order chi connectivity index (χ0) is 15.4. The molecule has 0 spiro atoms. The molecule has 1 aliphatic carbocycles. The Morgan fingerprint density at radius 1 is 1.48 bits per heavy atom. The van der Waals surface area contributed by atoms with Crippen LogP contribution < -0.4 is 0 Å². The number of halogens is 1. The minimum Gasteiger partial charge on any atom is -0.336 e. The molecule has 1 fully saturated rings. The summed E-state index contributed by atoms with van der Waals surface area (Å²) in [5, 5.41) is 11.2. The van der Waals surface area contributed by atoms with Crippen molar-refractivity contribution in [2.45, 2.75) is 45.1 Å². The Morgan fingerprint density at radius 2 is 2.14 bits per heavy atom. The van der Waals surface area contributed by atoms with Gasteiger partial charge in [-0.3, -0.25) is 14.9 Å². The fraction of sp³-hybridized carbons (Fsp3) is 0.571. The summed E-state index contributed by atoms with van der Waals surface area (Å²) in [6.45, 7) is 2.42. The lowest BCUT2D eigenvalue weighted by atomic mass is 9.93. The zero-order valence-electron chi connectivity index (χ0n) is 11.9. The molecule has 0 saturated heterocycles. The van der Waals surface area contributed by atoms with E-state index < -0.39 is 4.92 Å². The van der Waals surface area contributed by atoms with Crippen LogP contribution in [0, 0.1) is 10.1 Å². The van der Waals surface area contributed by atoms with Gasteiger partial charge in [-0.2, -0.15) is 0 Å². The smallest absolute Gasteiger partial charge is 0.300 e.